The van der Waals surface area contributed by atoms with E-state index in [4.69, 9.17) is 5.73 Å². The first-order valence-electron chi connectivity index (χ1n) is 6.58. The van der Waals surface area contributed by atoms with Crippen LogP contribution in [-0.2, 0) is 4.79 Å². The normalized spacial score (nSPS) is 26.8. The zero-order chi connectivity index (χ0) is 13.6. The first kappa shape index (κ1) is 12.0. The van der Waals surface area contributed by atoms with E-state index in [2.05, 4.69) is 6.92 Å². The van der Waals surface area contributed by atoms with E-state index < -0.39 is 0 Å². The molecule has 0 aliphatic carbocycles. The molecule has 3 amide bonds. The van der Waals surface area contributed by atoms with Gasteiger partial charge in [-0.25, -0.2) is 9.69 Å². The summed E-state index contributed by atoms with van der Waals surface area (Å²) in [5.74, 6) is 0.380. The van der Waals surface area contributed by atoms with Crippen LogP contribution in [0.15, 0.2) is 24.3 Å². The average molecular weight is 259 g/mol. The molecule has 2 aliphatic rings. The van der Waals surface area contributed by atoms with Gasteiger partial charge >= 0.3 is 6.03 Å². The molecule has 0 bridgehead atoms. The van der Waals surface area contributed by atoms with E-state index in [1.165, 1.54) is 4.90 Å². The first-order valence-corrected chi connectivity index (χ1v) is 6.58. The van der Waals surface area contributed by atoms with Gasteiger partial charge in [-0.15, -0.1) is 0 Å². The summed E-state index contributed by atoms with van der Waals surface area (Å²) in [6, 6.07) is 6.35. The molecule has 3 rings (SSSR count). The molecule has 1 aromatic carbocycles. The number of fused-ring (bicyclic) bond motifs is 1. The minimum Gasteiger partial charge on any atom is -0.399 e. The van der Waals surface area contributed by atoms with Crippen molar-refractivity contribution >= 4 is 23.3 Å². The highest BCUT2D eigenvalue weighted by molar-refractivity contribution is 6.21. The number of nitrogens with zero attached hydrogens (tertiary/aromatic N) is 2. The van der Waals surface area contributed by atoms with Crippen LogP contribution < -0.4 is 10.6 Å². The van der Waals surface area contributed by atoms with Gasteiger partial charge in [-0.05, 0) is 43.0 Å². The summed E-state index contributed by atoms with van der Waals surface area (Å²) in [5, 5.41) is 0. The molecule has 2 fully saturated rings. The lowest BCUT2D eigenvalue weighted by Crippen LogP contribution is -2.41. The van der Waals surface area contributed by atoms with E-state index in [0.29, 0.717) is 23.8 Å². The fourth-order valence-corrected chi connectivity index (χ4v) is 2.84. The Balaban J connectivity index is 1.93. The minimum atomic E-state index is -0.284. The molecule has 2 heterocycles. The number of imide groups is 1. The summed E-state index contributed by atoms with van der Waals surface area (Å²) in [5.41, 5.74) is 6.85. The summed E-state index contributed by atoms with van der Waals surface area (Å²) in [6.45, 7) is 2.79. The standard InChI is InChI=1S/C14H17N3O2/c1-9-6-7-16-12(8-9)13(18)17(14(16)19)11-4-2-10(15)3-5-11/h2-5,9,12H,6-8,15H2,1H3. The van der Waals surface area contributed by atoms with Crippen LogP contribution in [0.25, 0.3) is 0 Å². The molecule has 0 spiro atoms. The molecule has 2 N–H and O–H groups in total. The quantitative estimate of drug-likeness (QED) is 0.618. The summed E-state index contributed by atoms with van der Waals surface area (Å²) in [4.78, 5) is 27.7. The highest BCUT2D eigenvalue weighted by Gasteiger charge is 2.47. The maximum atomic E-state index is 12.4. The zero-order valence-corrected chi connectivity index (χ0v) is 10.9. The second kappa shape index (κ2) is 4.26. The van der Waals surface area contributed by atoms with Crippen molar-refractivity contribution in [1.82, 2.24) is 4.90 Å². The second-order valence-corrected chi connectivity index (χ2v) is 5.39. The van der Waals surface area contributed by atoms with E-state index in [9.17, 15) is 9.59 Å². The topological polar surface area (TPSA) is 66.6 Å². The van der Waals surface area contributed by atoms with Crippen molar-refractivity contribution in [3.8, 4) is 0 Å². The Kier molecular flexibility index (Phi) is 2.69. The molecule has 1 aromatic rings. The Morgan fingerprint density at radius 3 is 2.58 bits per heavy atom. The molecule has 2 aliphatic heterocycles. The predicted molar refractivity (Wildman–Crippen MR) is 72.6 cm³/mol. The van der Waals surface area contributed by atoms with Gasteiger partial charge < -0.3 is 10.6 Å². The summed E-state index contributed by atoms with van der Waals surface area (Å²) < 4.78 is 0. The van der Waals surface area contributed by atoms with Crippen molar-refractivity contribution in [2.75, 3.05) is 17.2 Å². The number of carbonyl (C=O) groups is 2. The lowest BCUT2D eigenvalue weighted by atomic mass is 9.93. The van der Waals surface area contributed by atoms with E-state index in [-0.39, 0.29) is 18.0 Å². The number of anilines is 2. The minimum absolute atomic E-state index is 0.110. The van der Waals surface area contributed by atoms with Crippen molar-refractivity contribution < 1.29 is 9.59 Å². The van der Waals surface area contributed by atoms with Gasteiger partial charge in [0.15, 0.2) is 0 Å². The third-order valence-corrected chi connectivity index (χ3v) is 3.96. The molecule has 5 heteroatoms. The lowest BCUT2D eigenvalue weighted by molar-refractivity contribution is -0.120. The molecule has 2 unspecified atom stereocenters. The third-order valence-electron chi connectivity index (χ3n) is 3.96. The summed E-state index contributed by atoms with van der Waals surface area (Å²) in [6.07, 6.45) is 1.72. The highest BCUT2D eigenvalue weighted by Crippen LogP contribution is 2.32. The van der Waals surface area contributed by atoms with Crippen molar-refractivity contribution in [1.29, 1.82) is 0 Å². The number of piperidine rings is 1. The fourth-order valence-electron chi connectivity index (χ4n) is 2.84. The molecular formula is C14H17N3O2. The van der Waals surface area contributed by atoms with Gasteiger partial charge in [0, 0.05) is 12.2 Å². The van der Waals surface area contributed by atoms with Gasteiger partial charge in [-0.2, -0.15) is 0 Å². The Bertz CT molecular complexity index is 526. The summed E-state index contributed by atoms with van der Waals surface area (Å²) >= 11 is 0. The van der Waals surface area contributed by atoms with Crippen molar-refractivity contribution in [3.63, 3.8) is 0 Å². The van der Waals surface area contributed by atoms with Crippen molar-refractivity contribution in [3.05, 3.63) is 24.3 Å². The Morgan fingerprint density at radius 1 is 1.21 bits per heavy atom. The molecule has 2 atom stereocenters. The molecule has 100 valence electrons. The van der Waals surface area contributed by atoms with Crippen LogP contribution in [0, 0.1) is 5.92 Å². The zero-order valence-electron chi connectivity index (χ0n) is 10.9. The van der Waals surface area contributed by atoms with Gasteiger partial charge in [0.2, 0.25) is 0 Å². The first-order chi connectivity index (χ1) is 9.08. The smallest absolute Gasteiger partial charge is 0.332 e. The van der Waals surface area contributed by atoms with Gasteiger partial charge in [0.05, 0.1) is 5.69 Å². The second-order valence-electron chi connectivity index (χ2n) is 5.39. The van der Waals surface area contributed by atoms with Crippen molar-refractivity contribution in [2.45, 2.75) is 25.8 Å². The monoisotopic (exact) mass is 259 g/mol. The van der Waals surface area contributed by atoms with Crippen LogP contribution in [0.2, 0.25) is 0 Å². The third kappa shape index (κ3) is 1.85. The van der Waals surface area contributed by atoms with E-state index in [1.54, 1.807) is 29.2 Å². The van der Waals surface area contributed by atoms with Gasteiger partial charge in [-0.3, -0.25) is 4.79 Å². The average Bonchev–Trinajstić information content (AvgIpc) is 2.63. The van der Waals surface area contributed by atoms with Gasteiger partial charge in [-0.1, -0.05) is 6.92 Å². The van der Waals surface area contributed by atoms with E-state index in [1.807, 2.05) is 0 Å². The number of hydrogen-bond acceptors (Lipinski definition) is 3. The highest BCUT2D eigenvalue weighted by atomic mass is 16.2. The van der Waals surface area contributed by atoms with Crippen LogP contribution >= 0.6 is 0 Å². The molecule has 0 radical (unpaired) electrons. The molecule has 2 saturated heterocycles. The van der Waals surface area contributed by atoms with E-state index >= 15 is 0 Å². The van der Waals surface area contributed by atoms with Crippen LogP contribution in [0.3, 0.4) is 0 Å². The van der Waals surface area contributed by atoms with Gasteiger partial charge in [0.25, 0.3) is 5.91 Å². The lowest BCUT2D eigenvalue weighted by Gasteiger charge is -2.30. The fraction of sp³-hybridized carbons (Fsp3) is 0.429. The number of rotatable bonds is 1. The number of nitrogens with two attached hydrogens (primary N) is 1. The van der Waals surface area contributed by atoms with Gasteiger partial charge in [0.1, 0.15) is 6.04 Å². The number of amides is 3. The maximum Gasteiger partial charge on any atom is 0.332 e. The van der Waals surface area contributed by atoms with Crippen LogP contribution in [-0.4, -0.2) is 29.4 Å². The Morgan fingerprint density at radius 2 is 1.89 bits per heavy atom. The van der Waals surface area contributed by atoms with Crippen LogP contribution in [0.1, 0.15) is 19.8 Å². The predicted octanol–water partition coefficient (Wildman–Crippen LogP) is 1.84. The Labute approximate surface area is 112 Å². The Hall–Kier alpha value is -2.04. The molecule has 5 nitrogen and oxygen atoms in total. The largest absolute Gasteiger partial charge is 0.399 e. The molecular weight excluding hydrogens is 242 g/mol. The van der Waals surface area contributed by atoms with Crippen molar-refractivity contribution in [2.24, 2.45) is 5.92 Å². The SMILES string of the molecule is CC1CCN2C(=O)N(c3ccc(N)cc3)C(=O)C2C1. The molecule has 19 heavy (non-hydrogen) atoms. The van der Waals surface area contributed by atoms with Crippen LogP contribution in [0.5, 0.6) is 0 Å². The number of nitrogen functional groups attached to an aromatic ring is 1. The maximum absolute atomic E-state index is 12.4. The summed E-state index contributed by atoms with van der Waals surface area (Å²) in [7, 11) is 0. The molecule has 0 saturated carbocycles. The number of carbonyl (C=O) groups excluding carboxylic acids is 2. The number of hydrogen-bond donors (Lipinski definition) is 1. The van der Waals surface area contributed by atoms with Crippen LogP contribution in [0.4, 0.5) is 16.2 Å². The number of urea groups is 1. The molecule has 0 aromatic heterocycles. The van der Waals surface area contributed by atoms with E-state index in [0.717, 1.165) is 12.8 Å². The number of benzene rings is 1.